The maximum absolute atomic E-state index is 14.3. The molecule has 3 heterocycles. The number of rotatable bonds is 8. The summed E-state index contributed by atoms with van der Waals surface area (Å²) in [5.41, 5.74) is 2.11. The summed E-state index contributed by atoms with van der Waals surface area (Å²) in [5, 5.41) is 9.66. The zero-order valence-electron chi connectivity index (χ0n) is 22.5. The van der Waals surface area contributed by atoms with Crippen molar-refractivity contribution in [2.24, 2.45) is 0 Å². The number of aromatic nitrogens is 2. The average molecular weight is 598 g/mol. The van der Waals surface area contributed by atoms with Crippen LogP contribution in [0.2, 0.25) is 10.0 Å². The maximum atomic E-state index is 14.3. The van der Waals surface area contributed by atoms with Crippen LogP contribution < -0.4 is 35.2 Å². The van der Waals surface area contributed by atoms with Crippen LogP contribution in [0.4, 0.5) is 33.6 Å². The van der Waals surface area contributed by atoms with Gasteiger partial charge in [0.15, 0.2) is 0 Å². The molecule has 2 aliphatic heterocycles. The number of nitrogens with one attached hydrogen (secondary N) is 3. The van der Waals surface area contributed by atoms with E-state index in [1.165, 1.54) is 25.2 Å². The highest BCUT2D eigenvalue weighted by atomic mass is 35.5. The van der Waals surface area contributed by atoms with Crippen LogP contribution >= 0.6 is 23.2 Å². The molecule has 0 atom stereocenters. The first-order valence-corrected chi connectivity index (χ1v) is 13.7. The Morgan fingerprint density at radius 3 is 2.41 bits per heavy atom. The standard InChI is InChI=1S/C28H29Cl2N7O4/c1-4-22(38)33-18-7-5-6-8-19(18)34-27-32-14-16-15-36(25-23(29)20(40-2)13-21(41-3)24(25)30)28(39)37(26(16)35-27)17-9-11-31-12-10-17/h4-8,13-14,17,31H,1,9-12,15H2,2-3H3,(H,33,38)(H,32,34,35). The lowest BCUT2D eigenvalue weighted by Crippen LogP contribution is -2.55. The van der Waals surface area contributed by atoms with E-state index in [1.807, 2.05) is 6.07 Å². The second kappa shape index (κ2) is 12.2. The molecule has 0 bridgehead atoms. The third-order valence-corrected chi connectivity index (χ3v) is 7.68. The molecule has 11 nitrogen and oxygen atoms in total. The van der Waals surface area contributed by atoms with Gasteiger partial charge in [-0.2, -0.15) is 4.98 Å². The number of hydrogen-bond donors (Lipinski definition) is 3. The number of nitrogens with zero attached hydrogens (tertiary/aromatic N) is 4. The maximum Gasteiger partial charge on any atom is 0.330 e. The number of urea groups is 1. The number of anilines is 5. The van der Waals surface area contributed by atoms with Gasteiger partial charge in [-0.15, -0.1) is 0 Å². The van der Waals surface area contributed by atoms with Crippen molar-refractivity contribution in [3.05, 3.63) is 64.8 Å². The number of benzene rings is 2. The van der Waals surface area contributed by atoms with Crippen molar-refractivity contribution in [2.75, 3.05) is 47.7 Å². The van der Waals surface area contributed by atoms with Gasteiger partial charge in [0.25, 0.3) is 0 Å². The predicted octanol–water partition coefficient (Wildman–Crippen LogP) is 5.37. The number of methoxy groups -OCH3 is 2. The predicted molar refractivity (Wildman–Crippen MR) is 160 cm³/mol. The van der Waals surface area contributed by atoms with Gasteiger partial charge in [-0.05, 0) is 44.1 Å². The van der Waals surface area contributed by atoms with Gasteiger partial charge in [0.1, 0.15) is 27.4 Å². The van der Waals surface area contributed by atoms with Crippen molar-refractivity contribution in [3.63, 3.8) is 0 Å². The minimum Gasteiger partial charge on any atom is -0.495 e. The molecule has 3 N–H and O–H groups in total. The SMILES string of the molecule is C=CC(=O)Nc1ccccc1Nc1ncc2c(n1)N(C1CCNCC1)C(=O)N(c1c(Cl)c(OC)cc(OC)c1Cl)C2. The Labute approximate surface area is 247 Å². The van der Waals surface area contributed by atoms with E-state index in [0.717, 1.165) is 25.9 Å². The molecule has 5 rings (SSSR count). The highest BCUT2D eigenvalue weighted by molar-refractivity contribution is 6.42. The van der Waals surface area contributed by atoms with Crippen LogP contribution in [0.1, 0.15) is 18.4 Å². The fourth-order valence-electron chi connectivity index (χ4n) is 4.92. The van der Waals surface area contributed by atoms with Crippen LogP contribution in [0.3, 0.4) is 0 Å². The summed E-state index contributed by atoms with van der Waals surface area (Å²) in [4.78, 5) is 38.7. The van der Waals surface area contributed by atoms with Gasteiger partial charge < -0.3 is 25.4 Å². The first kappa shape index (κ1) is 28.5. The van der Waals surface area contributed by atoms with Gasteiger partial charge in [0, 0.05) is 23.9 Å². The molecule has 1 fully saturated rings. The van der Waals surface area contributed by atoms with Gasteiger partial charge >= 0.3 is 6.03 Å². The molecule has 0 aliphatic carbocycles. The first-order chi connectivity index (χ1) is 19.9. The number of amides is 3. The van der Waals surface area contributed by atoms with Crippen molar-refractivity contribution in [1.82, 2.24) is 15.3 Å². The van der Waals surface area contributed by atoms with Crippen molar-refractivity contribution in [1.29, 1.82) is 0 Å². The molecule has 214 valence electrons. The lowest BCUT2D eigenvalue weighted by atomic mass is 10.0. The van der Waals surface area contributed by atoms with Gasteiger partial charge in [0.2, 0.25) is 11.9 Å². The first-order valence-electron chi connectivity index (χ1n) is 12.9. The molecule has 3 amide bonds. The number of piperidine rings is 1. The van der Waals surface area contributed by atoms with Crippen molar-refractivity contribution >= 4 is 64.0 Å². The largest absolute Gasteiger partial charge is 0.495 e. The van der Waals surface area contributed by atoms with Crippen LogP contribution in [0, 0.1) is 0 Å². The van der Waals surface area contributed by atoms with E-state index in [2.05, 4.69) is 27.5 Å². The molecule has 1 saturated heterocycles. The molecular weight excluding hydrogens is 569 g/mol. The van der Waals surface area contributed by atoms with Crippen LogP contribution in [0.5, 0.6) is 11.5 Å². The second-order valence-electron chi connectivity index (χ2n) is 9.38. The van der Waals surface area contributed by atoms with E-state index in [0.29, 0.717) is 34.3 Å². The number of hydrogen-bond acceptors (Lipinski definition) is 8. The summed E-state index contributed by atoms with van der Waals surface area (Å²) in [6, 6.07) is 8.29. The highest BCUT2D eigenvalue weighted by Gasteiger charge is 2.40. The van der Waals surface area contributed by atoms with Gasteiger partial charge in [-0.3, -0.25) is 14.6 Å². The summed E-state index contributed by atoms with van der Waals surface area (Å²) in [6.45, 7) is 5.14. The van der Waals surface area contributed by atoms with Gasteiger partial charge in [-0.1, -0.05) is 41.9 Å². The third kappa shape index (κ3) is 5.61. The number of carbonyl (C=O) groups is 2. The molecule has 0 saturated carbocycles. The van der Waals surface area contributed by atoms with E-state index in [-0.39, 0.29) is 46.2 Å². The highest BCUT2D eigenvalue weighted by Crippen LogP contribution is 2.48. The molecule has 1 aromatic heterocycles. The molecule has 0 spiro atoms. The van der Waals surface area contributed by atoms with E-state index in [4.69, 9.17) is 37.7 Å². The number of fused-ring (bicyclic) bond motifs is 1. The van der Waals surface area contributed by atoms with Crippen molar-refractivity contribution < 1.29 is 19.1 Å². The molecule has 2 aliphatic rings. The normalized spacial score (nSPS) is 15.3. The number of carbonyl (C=O) groups excluding carboxylic acids is 2. The number of halogens is 2. The van der Waals surface area contributed by atoms with E-state index >= 15 is 0 Å². The fourth-order valence-corrected chi connectivity index (χ4v) is 5.63. The smallest absolute Gasteiger partial charge is 0.330 e. The molecule has 0 radical (unpaired) electrons. The Balaban J connectivity index is 1.57. The van der Waals surface area contributed by atoms with E-state index in [1.54, 1.807) is 35.4 Å². The molecule has 0 unspecified atom stereocenters. The van der Waals surface area contributed by atoms with Crippen molar-refractivity contribution in [3.8, 4) is 11.5 Å². The van der Waals surface area contributed by atoms with Gasteiger partial charge in [-0.25, -0.2) is 9.78 Å². The van der Waals surface area contributed by atoms with E-state index < -0.39 is 0 Å². The average Bonchev–Trinajstić information content (AvgIpc) is 2.99. The molecular formula is C28H29Cl2N7O4. The minimum atomic E-state index is -0.347. The second-order valence-corrected chi connectivity index (χ2v) is 10.1. The lowest BCUT2D eigenvalue weighted by Gasteiger charge is -2.42. The summed E-state index contributed by atoms with van der Waals surface area (Å²) < 4.78 is 10.9. The molecule has 41 heavy (non-hydrogen) atoms. The number of ether oxygens (including phenoxy) is 2. The van der Waals surface area contributed by atoms with Crippen LogP contribution in [0.25, 0.3) is 0 Å². The van der Waals surface area contributed by atoms with Crippen molar-refractivity contribution in [2.45, 2.75) is 25.4 Å². The zero-order valence-corrected chi connectivity index (χ0v) is 24.1. The molecule has 2 aromatic carbocycles. The van der Waals surface area contributed by atoms with Crippen LogP contribution in [-0.4, -0.2) is 55.3 Å². The minimum absolute atomic E-state index is 0.123. The Bertz CT molecular complexity index is 1470. The summed E-state index contributed by atoms with van der Waals surface area (Å²) in [5.74, 6) is 1.06. The van der Waals surface area contributed by atoms with E-state index in [9.17, 15) is 9.59 Å². The molecule has 13 heteroatoms. The zero-order chi connectivity index (χ0) is 29.1. The molecule has 3 aromatic rings. The Hall–Kier alpha value is -4.06. The van der Waals surface area contributed by atoms with Gasteiger partial charge in [0.05, 0.1) is 37.8 Å². The fraction of sp³-hybridized carbons (Fsp3) is 0.286. The van der Waals surface area contributed by atoms with Crippen LogP contribution in [0.15, 0.2) is 49.2 Å². The quantitative estimate of drug-likeness (QED) is 0.296. The monoisotopic (exact) mass is 597 g/mol. The Kier molecular flexibility index (Phi) is 8.48. The summed E-state index contributed by atoms with van der Waals surface area (Å²) in [7, 11) is 2.96. The summed E-state index contributed by atoms with van der Waals surface area (Å²) >= 11 is 13.4. The summed E-state index contributed by atoms with van der Waals surface area (Å²) in [6.07, 6.45) is 4.31. The third-order valence-electron chi connectivity index (χ3n) is 6.95. The Morgan fingerprint density at radius 2 is 1.78 bits per heavy atom. The Morgan fingerprint density at radius 1 is 1.12 bits per heavy atom. The lowest BCUT2D eigenvalue weighted by molar-refractivity contribution is -0.111. The topological polar surface area (TPSA) is 121 Å². The number of para-hydroxylation sites is 2. The van der Waals surface area contributed by atoms with Crippen LogP contribution in [-0.2, 0) is 11.3 Å².